The van der Waals surface area contributed by atoms with E-state index in [-0.39, 0.29) is 11.9 Å². The van der Waals surface area contributed by atoms with Gasteiger partial charge in [0.15, 0.2) is 0 Å². The Bertz CT molecular complexity index is 636. The zero-order chi connectivity index (χ0) is 15.4. The minimum absolute atomic E-state index is 0.0741. The summed E-state index contributed by atoms with van der Waals surface area (Å²) in [7, 11) is 0. The van der Waals surface area contributed by atoms with Crippen LogP contribution >= 0.6 is 11.3 Å². The molecule has 2 aromatic rings. The quantitative estimate of drug-likeness (QED) is 0.886. The number of nitrogens with one attached hydrogen (secondary N) is 2. The van der Waals surface area contributed by atoms with Crippen LogP contribution in [0.5, 0.6) is 0 Å². The van der Waals surface area contributed by atoms with Gasteiger partial charge in [0, 0.05) is 23.3 Å². The fraction of sp³-hybridized carbons (Fsp3) is 0.375. The predicted molar refractivity (Wildman–Crippen MR) is 88.1 cm³/mol. The molecule has 2 N–H and O–H groups in total. The van der Waals surface area contributed by atoms with Crippen molar-refractivity contribution in [3.63, 3.8) is 0 Å². The number of nitrogens with zero attached hydrogens (tertiary/aromatic N) is 1. The molecule has 0 saturated carbocycles. The van der Waals surface area contributed by atoms with Gasteiger partial charge in [-0.2, -0.15) is 0 Å². The molecule has 0 saturated heterocycles. The molecule has 0 aliphatic heterocycles. The minimum Gasteiger partial charge on any atom is -0.385 e. The van der Waals surface area contributed by atoms with Crippen molar-refractivity contribution in [2.45, 2.75) is 33.7 Å². The summed E-state index contributed by atoms with van der Waals surface area (Å²) in [6.07, 6.45) is 0. The third-order valence-electron chi connectivity index (χ3n) is 3.14. The Kier molecular flexibility index (Phi) is 4.96. The first-order valence-corrected chi connectivity index (χ1v) is 7.96. The van der Waals surface area contributed by atoms with E-state index in [0.29, 0.717) is 5.56 Å². The van der Waals surface area contributed by atoms with E-state index in [1.807, 2.05) is 51.3 Å². The van der Waals surface area contributed by atoms with E-state index in [9.17, 15) is 4.79 Å². The summed E-state index contributed by atoms with van der Waals surface area (Å²) in [5.41, 5.74) is 3.60. The minimum atomic E-state index is -0.0915. The highest BCUT2D eigenvalue weighted by Gasteiger charge is 2.16. The van der Waals surface area contributed by atoms with Crippen LogP contribution in [0, 0.1) is 13.8 Å². The van der Waals surface area contributed by atoms with Gasteiger partial charge in [-0.1, -0.05) is 11.6 Å². The number of carbonyl (C=O) groups is 1. The SMILES string of the molecule is CCNc1ccc(C)cc1C(=O)NC(C)c1nc(C)cs1. The molecule has 1 atom stereocenters. The van der Waals surface area contributed by atoms with Gasteiger partial charge in [0.1, 0.15) is 5.01 Å². The number of aryl methyl sites for hydroxylation is 2. The Morgan fingerprint density at radius 2 is 2.14 bits per heavy atom. The van der Waals surface area contributed by atoms with Gasteiger partial charge in [-0.05, 0) is 39.8 Å². The van der Waals surface area contributed by atoms with Crippen LogP contribution in [-0.2, 0) is 0 Å². The fourth-order valence-electron chi connectivity index (χ4n) is 2.10. The lowest BCUT2D eigenvalue weighted by Crippen LogP contribution is -2.27. The number of thiazole rings is 1. The van der Waals surface area contributed by atoms with E-state index < -0.39 is 0 Å². The van der Waals surface area contributed by atoms with Crippen molar-refractivity contribution < 1.29 is 4.79 Å². The number of carbonyl (C=O) groups excluding carboxylic acids is 1. The largest absolute Gasteiger partial charge is 0.385 e. The summed E-state index contributed by atoms with van der Waals surface area (Å²) >= 11 is 1.57. The summed E-state index contributed by atoms with van der Waals surface area (Å²) < 4.78 is 0. The predicted octanol–water partition coefficient (Wildman–Crippen LogP) is 3.68. The first kappa shape index (κ1) is 15.5. The average molecular weight is 303 g/mol. The Morgan fingerprint density at radius 3 is 2.76 bits per heavy atom. The van der Waals surface area contributed by atoms with Crippen LogP contribution in [-0.4, -0.2) is 17.4 Å². The highest BCUT2D eigenvalue weighted by atomic mass is 32.1. The van der Waals surface area contributed by atoms with Gasteiger partial charge in [0.05, 0.1) is 11.6 Å². The van der Waals surface area contributed by atoms with E-state index >= 15 is 0 Å². The zero-order valence-corrected chi connectivity index (χ0v) is 13.7. The standard InChI is InChI=1S/C16H21N3OS/c1-5-17-14-7-6-10(2)8-13(14)15(20)19-12(4)16-18-11(3)9-21-16/h6-9,12,17H,5H2,1-4H3,(H,19,20). The molecular formula is C16H21N3OS. The number of anilines is 1. The van der Waals surface area contributed by atoms with Gasteiger partial charge in [-0.25, -0.2) is 4.98 Å². The number of amides is 1. The summed E-state index contributed by atoms with van der Waals surface area (Å²) in [4.78, 5) is 16.9. The molecule has 21 heavy (non-hydrogen) atoms. The number of rotatable bonds is 5. The molecule has 1 amide bonds. The molecule has 5 heteroatoms. The van der Waals surface area contributed by atoms with E-state index in [1.165, 1.54) is 0 Å². The highest BCUT2D eigenvalue weighted by molar-refractivity contribution is 7.09. The van der Waals surface area contributed by atoms with E-state index in [4.69, 9.17) is 0 Å². The molecule has 0 aliphatic carbocycles. The lowest BCUT2D eigenvalue weighted by molar-refractivity contribution is 0.0940. The van der Waals surface area contributed by atoms with Crippen molar-refractivity contribution in [1.29, 1.82) is 0 Å². The normalized spacial score (nSPS) is 12.0. The van der Waals surface area contributed by atoms with Crippen molar-refractivity contribution in [3.8, 4) is 0 Å². The first-order chi connectivity index (χ1) is 10.0. The maximum absolute atomic E-state index is 12.5. The maximum atomic E-state index is 12.5. The van der Waals surface area contributed by atoms with E-state index in [2.05, 4.69) is 15.6 Å². The van der Waals surface area contributed by atoms with Gasteiger partial charge in [0.25, 0.3) is 5.91 Å². The van der Waals surface area contributed by atoms with E-state index in [1.54, 1.807) is 11.3 Å². The molecule has 0 aliphatic rings. The summed E-state index contributed by atoms with van der Waals surface area (Å²) in [5, 5.41) is 9.17. The molecule has 1 aromatic carbocycles. The van der Waals surface area contributed by atoms with E-state index in [0.717, 1.165) is 28.5 Å². The molecule has 2 rings (SSSR count). The van der Waals surface area contributed by atoms with Gasteiger partial charge >= 0.3 is 0 Å². The van der Waals surface area contributed by atoms with Crippen molar-refractivity contribution in [2.24, 2.45) is 0 Å². The Labute approximate surface area is 129 Å². The van der Waals surface area contributed by atoms with Crippen molar-refractivity contribution in [1.82, 2.24) is 10.3 Å². The third-order valence-corrected chi connectivity index (χ3v) is 4.29. The smallest absolute Gasteiger partial charge is 0.253 e. The lowest BCUT2D eigenvalue weighted by atomic mass is 10.1. The van der Waals surface area contributed by atoms with Crippen LogP contribution in [0.25, 0.3) is 0 Å². The van der Waals surface area contributed by atoms with Crippen molar-refractivity contribution >= 4 is 22.9 Å². The van der Waals surface area contributed by atoms with Gasteiger partial charge in [-0.3, -0.25) is 4.79 Å². The number of hydrogen-bond acceptors (Lipinski definition) is 4. The van der Waals surface area contributed by atoms with Gasteiger partial charge in [-0.15, -0.1) is 11.3 Å². The summed E-state index contributed by atoms with van der Waals surface area (Å²) in [6.45, 7) is 8.70. The third kappa shape index (κ3) is 3.82. The Morgan fingerprint density at radius 1 is 1.38 bits per heavy atom. The molecule has 0 spiro atoms. The molecule has 1 aromatic heterocycles. The Balaban J connectivity index is 2.18. The monoisotopic (exact) mass is 303 g/mol. The highest BCUT2D eigenvalue weighted by Crippen LogP contribution is 2.21. The molecule has 4 nitrogen and oxygen atoms in total. The van der Waals surface area contributed by atoms with Crippen molar-refractivity contribution in [2.75, 3.05) is 11.9 Å². The number of benzene rings is 1. The first-order valence-electron chi connectivity index (χ1n) is 7.08. The molecule has 1 heterocycles. The Hall–Kier alpha value is -1.88. The zero-order valence-electron chi connectivity index (χ0n) is 12.9. The number of aromatic nitrogens is 1. The molecule has 0 radical (unpaired) electrons. The lowest BCUT2D eigenvalue weighted by Gasteiger charge is -2.15. The topological polar surface area (TPSA) is 54.0 Å². The summed E-state index contributed by atoms with van der Waals surface area (Å²) in [6, 6.07) is 5.77. The second-order valence-electron chi connectivity index (χ2n) is 5.10. The van der Waals surface area contributed by atoms with Crippen LogP contribution in [0.15, 0.2) is 23.6 Å². The summed E-state index contributed by atoms with van der Waals surface area (Å²) in [5.74, 6) is -0.0741. The van der Waals surface area contributed by atoms with Gasteiger partial charge < -0.3 is 10.6 Å². The van der Waals surface area contributed by atoms with Crippen LogP contribution < -0.4 is 10.6 Å². The van der Waals surface area contributed by atoms with Gasteiger partial charge in [0.2, 0.25) is 0 Å². The molecule has 112 valence electrons. The molecule has 0 fully saturated rings. The molecule has 0 bridgehead atoms. The second-order valence-corrected chi connectivity index (χ2v) is 5.99. The molecule has 1 unspecified atom stereocenters. The molecular weight excluding hydrogens is 282 g/mol. The number of hydrogen-bond donors (Lipinski definition) is 2. The average Bonchev–Trinajstić information content (AvgIpc) is 2.87. The van der Waals surface area contributed by atoms with Crippen molar-refractivity contribution in [3.05, 3.63) is 45.4 Å². The van der Waals surface area contributed by atoms with Crippen LogP contribution in [0.4, 0.5) is 5.69 Å². The second kappa shape index (κ2) is 6.72. The fourth-order valence-corrected chi connectivity index (χ4v) is 2.90. The van der Waals surface area contributed by atoms with Crippen LogP contribution in [0.3, 0.4) is 0 Å². The maximum Gasteiger partial charge on any atom is 0.253 e. The van der Waals surface area contributed by atoms with Crippen LogP contribution in [0.1, 0.15) is 46.5 Å². The van der Waals surface area contributed by atoms with Crippen LogP contribution in [0.2, 0.25) is 0 Å².